The molecular formula is C14H15N3O4. The van der Waals surface area contributed by atoms with Gasteiger partial charge in [0.15, 0.2) is 11.4 Å². The molecule has 7 heteroatoms. The van der Waals surface area contributed by atoms with E-state index in [0.29, 0.717) is 11.3 Å². The van der Waals surface area contributed by atoms with E-state index in [4.69, 9.17) is 16.1 Å². The van der Waals surface area contributed by atoms with Gasteiger partial charge in [-0.15, -0.1) is 0 Å². The molecule has 0 amide bonds. The van der Waals surface area contributed by atoms with E-state index < -0.39 is 10.5 Å². The predicted molar refractivity (Wildman–Crippen MR) is 77.8 cm³/mol. The third-order valence-corrected chi connectivity index (χ3v) is 2.92. The van der Waals surface area contributed by atoms with Gasteiger partial charge in [0, 0.05) is 29.4 Å². The Morgan fingerprint density at radius 3 is 2.14 bits per heavy atom. The molecule has 2 atom stereocenters. The molecule has 2 aromatic rings. The molecule has 21 heavy (non-hydrogen) atoms. The third kappa shape index (κ3) is 3.86. The number of nitrogen functional groups attached to an aromatic ring is 1. The number of nitrogens with one attached hydrogen (secondary N) is 2. The van der Waals surface area contributed by atoms with Crippen LogP contribution in [0.4, 0.5) is 17.1 Å². The summed E-state index contributed by atoms with van der Waals surface area (Å²) in [7, 11) is 0. The summed E-state index contributed by atoms with van der Waals surface area (Å²) in [5, 5.41) is 37.8. The van der Waals surface area contributed by atoms with Crippen molar-refractivity contribution in [3.63, 3.8) is 0 Å². The van der Waals surface area contributed by atoms with Crippen molar-refractivity contribution >= 4 is 29.2 Å². The van der Waals surface area contributed by atoms with Crippen LogP contribution in [0.1, 0.15) is 11.1 Å². The van der Waals surface area contributed by atoms with Crippen molar-refractivity contribution in [2.75, 3.05) is 5.73 Å². The minimum Gasteiger partial charge on any atom is -0.595 e. The van der Waals surface area contributed by atoms with Crippen molar-refractivity contribution in [1.29, 1.82) is 0 Å². The summed E-state index contributed by atoms with van der Waals surface area (Å²) in [4.78, 5) is 0. The zero-order valence-corrected chi connectivity index (χ0v) is 11.0. The molecule has 7 nitrogen and oxygen atoms in total. The van der Waals surface area contributed by atoms with Crippen LogP contribution in [0, 0.1) is 10.4 Å². The van der Waals surface area contributed by atoms with Crippen LogP contribution in [0.25, 0.3) is 12.2 Å². The number of hydrogen-bond acceptors (Lipinski definition) is 5. The van der Waals surface area contributed by atoms with E-state index in [2.05, 4.69) is 0 Å². The Morgan fingerprint density at radius 1 is 0.905 bits per heavy atom. The zero-order valence-electron chi connectivity index (χ0n) is 11.0. The fourth-order valence-electron chi connectivity index (χ4n) is 1.83. The summed E-state index contributed by atoms with van der Waals surface area (Å²) < 4.78 is 0. The fourth-order valence-corrected chi connectivity index (χ4v) is 1.83. The normalized spacial score (nSPS) is 14.3. The van der Waals surface area contributed by atoms with Crippen LogP contribution in [0.2, 0.25) is 0 Å². The first-order chi connectivity index (χ1) is 9.97. The maximum absolute atomic E-state index is 11.2. The molecule has 0 radical (unpaired) electrons. The largest absolute Gasteiger partial charge is 0.595 e. The van der Waals surface area contributed by atoms with Gasteiger partial charge in [0.25, 0.3) is 0 Å². The summed E-state index contributed by atoms with van der Waals surface area (Å²) in [6, 6.07) is 10.9. The highest BCUT2D eigenvalue weighted by Gasteiger charge is 2.07. The first kappa shape index (κ1) is 15.1. The van der Waals surface area contributed by atoms with E-state index in [1.807, 2.05) is 0 Å². The van der Waals surface area contributed by atoms with Gasteiger partial charge in [-0.2, -0.15) is 10.5 Å². The average Bonchev–Trinajstić information content (AvgIpc) is 2.46. The van der Waals surface area contributed by atoms with Crippen LogP contribution in [0.3, 0.4) is 0 Å². The van der Waals surface area contributed by atoms with Crippen molar-refractivity contribution < 1.29 is 20.9 Å². The van der Waals surface area contributed by atoms with Crippen LogP contribution in [-0.4, -0.2) is 10.4 Å². The molecule has 0 aromatic heterocycles. The zero-order chi connectivity index (χ0) is 15.4. The second kappa shape index (κ2) is 6.46. The standard InChI is InChI=1S/C14H15N3O4/c15-12-6-5-11(14(9-12)17(20)21)4-1-10-2-7-13(8-3-10)16(18)19/h1-9,16-18,20H,15H2. The average molecular weight is 289 g/mol. The van der Waals surface area contributed by atoms with Gasteiger partial charge < -0.3 is 16.1 Å². The molecule has 0 spiro atoms. The first-order valence-corrected chi connectivity index (χ1v) is 6.11. The van der Waals surface area contributed by atoms with Crippen LogP contribution in [-0.2, 0) is 0 Å². The quantitative estimate of drug-likeness (QED) is 0.314. The molecule has 6 N–H and O–H groups in total. The van der Waals surface area contributed by atoms with Gasteiger partial charge in [0.2, 0.25) is 0 Å². The van der Waals surface area contributed by atoms with Gasteiger partial charge in [0.1, 0.15) is 0 Å². The molecule has 0 saturated carbocycles. The van der Waals surface area contributed by atoms with Gasteiger partial charge in [-0.1, -0.05) is 6.08 Å². The van der Waals surface area contributed by atoms with Crippen molar-refractivity contribution in [2.45, 2.75) is 0 Å². The van der Waals surface area contributed by atoms with Gasteiger partial charge in [-0.25, -0.2) is 10.4 Å². The number of benzene rings is 2. The number of anilines is 1. The van der Waals surface area contributed by atoms with E-state index in [1.165, 1.54) is 18.2 Å². The Bertz CT molecular complexity index is 639. The summed E-state index contributed by atoms with van der Waals surface area (Å²) in [5.74, 6) is 0. The maximum Gasteiger partial charge on any atom is 0.173 e. The molecular weight excluding hydrogens is 274 g/mol. The highest BCUT2D eigenvalue weighted by Crippen LogP contribution is 2.18. The Labute approximate surface area is 120 Å². The predicted octanol–water partition coefficient (Wildman–Crippen LogP) is 0.246. The maximum atomic E-state index is 11.2. The Hall–Kier alpha value is -2.26. The molecule has 2 rings (SSSR count). The van der Waals surface area contributed by atoms with Gasteiger partial charge in [0.05, 0.1) is 0 Å². The second-order valence-electron chi connectivity index (χ2n) is 4.41. The lowest BCUT2D eigenvalue weighted by Crippen LogP contribution is -2.99. The number of quaternary nitrogens is 2. The molecule has 0 heterocycles. The minimum absolute atomic E-state index is 0.119. The Morgan fingerprint density at radius 2 is 1.57 bits per heavy atom. The van der Waals surface area contributed by atoms with Crippen molar-refractivity contribution in [2.24, 2.45) is 0 Å². The van der Waals surface area contributed by atoms with E-state index in [0.717, 1.165) is 5.56 Å². The Balaban J connectivity index is 2.25. The molecule has 0 fully saturated rings. The summed E-state index contributed by atoms with van der Waals surface area (Å²) >= 11 is 0. The minimum atomic E-state index is -1.05. The van der Waals surface area contributed by atoms with Crippen LogP contribution < -0.4 is 16.2 Å². The van der Waals surface area contributed by atoms with Gasteiger partial charge in [-0.3, -0.25) is 0 Å². The Kier molecular flexibility index (Phi) is 4.66. The lowest BCUT2D eigenvalue weighted by Gasteiger charge is -2.14. The number of hydrogen-bond donors (Lipinski definition) is 5. The smallest absolute Gasteiger partial charge is 0.173 e. The highest BCUT2D eigenvalue weighted by molar-refractivity contribution is 5.75. The first-order valence-electron chi connectivity index (χ1n) is 6.11. The second-order valence-corrected chi connectivity index (χ2v) is 4.41. The third-order valence-electron chi connectivity index (χ3n) is 2.92. The fraction of sp³-hybridized carbons (Fsp3) is 0. The molecule has 2 unspecified atom stereocenters. The van der Waals surface area contributed by atoms with Crippen molar-refractivity contribution in [3.05, 3.63) is 64.0 Å². The summed E-state index contributed by atoms with van der Waals surface area (Å²) in [6.45, 7) is 0. The molecule has 0 saturated heterocycles. The summed E-state index contributed by atoms with van der Waals surface area (Å²) in [5.41, 5.74) is 7.58. The molecule has 0 aliphatic heterocycles. The van der Waals surface area contributed by atoms with Crippen LogP contribution in [0.15, 0.2) is 42.5 Å². The van der Waals surface area contributed by atoms with Crippen LogP contribution >= 0.6 is 0 Å². The number of nitrogens with two attached hydrogens (primary N) is 1. The van der Waals surface area contributed by atoms with Gasteiger partial charge >= 0.3 is 0 Å². The molecule has 2 aromatic carbocycles. The van der Waals surface area contributed by atoms with Gasteiger partial charge in [-0.05, 0) is 35.9 Å². The van der Waals surface area contributed by atoms with E-state index in [9.17, 15) is 10.4 Å². The van der Waals surface area contributed by atoms with E-state index in [1.54, 1.807) is 36.4 Å². The monoisotopic (exact) mass is 289 g/mol. The lowest BCUT2D eigenvalue weighted by molar-refractivity contribution is -0.991. The highest BCUT2D eigenvalue weighted by atomic mass is 16.8. The van der Waals surface area contributed by atoms with Crippen molar-refractivity contribution in [3.8, 4) is 0 Å². The molecule has 0 aliphatic rings. The van der Waals surface area contributed by atoms with E-state index in [-0.39, 0.29) is 11.4 Å². The molecule has 0 bridgehead atoms. The van der Waals surface area contributed by atoms with Crippen LogP contribution in [0.5, 0.6) is 0 Å². The number of rotatable bonds is 4. The lowest BCUT2D eigenvalue weighted by atomic mass is 10.1. The van der Waals surface area contributed by atoms with E-state index >= 15 is 0 Å². The topological polar surface area (TPSA) is 121 Å². The van der Waals surface area contributed by atoms with Crippen molar-refractivity contribution in [1.82, 2.24) is 0 Å². The SMILES string of the molecule is Nc1ccc(C=Cc2ccc([NH+]([O-])O)cc2)c([NH+]([O-])O)c1. The molecule has 110 valence electrons. The molecule has 0 aliphatic carbocycles. The summed E-state index contributed by atoms with van der Waals surface area (Å²) in [6.07, 6.45) is 3.36.